The van der Waals surface area contributed by atoms with Crippen LogP contribution in [0.1, 0.15) is 34.9 Å². The van der Waals surface area contributed by atoms with E-state index in [2.05, 4.69) is 14.9 Å². The van der Waals surface area contributed by atoms with Crippen molar-refractivity contribution >= 4 is 11.5 Å². The van der Waals surface area contributed by atoms with Gasteiger partial charge in [-0.1, -0.05) is 0 Å². The Hall–Kier alpha value is -2.14. The second kappa shape index (κ2) is 5.46. The third-order valence-corrected chi connectivity index (χ3v) is 3.81. The Labute approximate surface area is 117 Å². The number of nitrogens with two attached hydrogens (primary N) is 1. The second-order valence-corrected chi connectivity index (χ2v) is 5.07. The van der Waals surface area contributed by atoms with Crippen LogP contribution < -0.4 is 11.1 Å². The first-order valence-corrected chi connectivity index (χ1v) is 6.89. The van der Waals surface area contributed by atoms with Crippen LogP contribution in [0.25, 0.3) is 0 Å². The van der Waals surface area contributed by atoms with Crippen LogP contribution >= 0.6 is 0 Å². The number of aromatic nitrogens is 2. The molecule has 1 fully saturated rings. The minimum absolute atomic E-state index is 0.0564. The van der Waals surface area contributed by atoms with Gasteiger partial charge in [-0.05, 0) is 44.1 Å². The number of hydrogen-bond acceptors (Lipinski definition) is 4. The number of carbonyl (C=O) groups excluding carboxylic acids is 1. The zero-order valence-corrected chi connectivity index (χ0v) is 11.2. The quantitative estimate of drug-likeness (QED) is 0.831. The maximum atomic E-state index is 12.6. The van der Waals surface area contributed by atoms with E-state index in [1.54, 1.807) is 12.3 Å². The molecule has 1 aliphatic heterocycles. The number of nitrogens with zero attached hydrogens (tertiary/aromatic N) is 2. The Morgan fingerprint density at radius 3 is 2.90 bits per heavy atom. The van der Waals surface area contributed by atoms with Crippen molar-refractivity contribution in [2.45, 2.75) is 18.9 Å². The first kappa shape index (κ1) is 12.9. The second-order valence-electron chi connectivity index (χ2n) is 5.07. The summed E-state index contributed by atoms with van der Waals surface area (Å²) >= 11 is 0. The molecule has 5 nitrogen and oxygen atoms in total. The van der Waals surface area contributed by atoms with E-state index in [1.807, 2.05) is 18.3 Å². The molecule has 0 bridgehead atoms. The Balaban J connectivity index is 1.93. The number of rotatable bonds is 3. The summed E-state index contributed by atoms with van der Waals surface area (Å²) in [4.78, 5) is 16.6. The molecule has 2 aromatic rings. The molecule has 0 unspecified atom stereocenters. The van der Waals surface area contributed by atoms with Crippen molar-refractivity contribution in [3.05, 3.63) is 48.0 Å². The van der Waals surface area contributed by atoms with Gasteiger partial charge in [-0.25, -0.2) is 0 Å². The maximum Gasteiger partial charge on any atom is 0.213 e. The van der Waals surface area contributed by atoms with Crippen LogP contribution in [0.4, 0.5) is 5.69 Å². The fraction of sp³-hybridized carbons (Fsp3) is 0.333. The molecule has 5 heteroatoms. The van der Waals surface area contributed by atoms with E-state index in [4.69, 9.17) is 5.73 Å². The van der Waals surface area contributed by atoms with Crippen LogP contribution in [0.15, 0.2) is 36.8 Å². The number of nitrogen functional groups attached to an aromatic ring is 1. The summed E-state index contributed by atoms with van der Waals surface area (Å²) in [6.45, 7) is 1.98. The van der Waals surface area contributed by atoms with Gasteiger partial charge in [0, 0.05) is 30.3 Å². The van der Waals surface area contributed by atoms with Crippen molar-refractivity contribution in [2.24, 2.45) is 0 Å². The van der Waals surface area contributed by atoms with Gasteiger partial charge in [0.05, 0.1) is 11.3 Å². The summed E-state index contributed by atoms with van der Waals surface area (Å²) in [7, 11) is 0. The van der Waals surface area contributed by atoms with Crippen molar-refractivity contribution in [2.75, 3.05) is 18.8 Å². The number of ketones is 1. The molecule has 0 saturated carbocycles. The van der Waals surface area contributed by atoms with Crippen molar-refractivity contribution in [1.29, 1.82) is 0 Å². The van der Waals surface area contributed by atoms with E-state index in [9.17, 15) is 4.79 Å². The number of nitrogens with one attached hydrogen (secondary N) is 1. The van der Waals surface area contributed by atoms with Gasteiger partial charge in [-0.2, -0.15) is 0 Å². The molecule has 0 atom stereocenters. The van der Waals surface area contributed by atoms with Gasteiger partial charge in [-0.15, -0.1) is 0 Å². The number of hydrogen-bond donors (Lipinski definition) is 2. The number of carbonyl (C=O) groups is 1. The Morgan fingerprint density at radius 1 is 1.35 bits per heavy atom. The highest BCUT2D eigenvalue weighted by molar-refractivity contribution is 6.10. The smallest absolute Gasteiger partial charge is 0.213 e. The van der Waals surface area contributed by atoms with Gasteiger partial charge in [0.2, 0.25) is 5.78 Å². The van der Waals surface area contributed by atoms with Crippen LogP contribution in [0, 0.1) is 0 Å². The largest absolute Gasteiger partial charge is 0.398 e. The molecule has 3 N–H and O–H groups in total. The normalized spacial score (nSPS) is 16.2. The summed E-state index contributed by atoms with van der Waals surface area (Å²) < 4.78 is 2.08. The standard InChI is InChI=1S/C15H18N4O/c16-13-5-8-18-10-12(13)15(20)14-2-1-9-19(14)11-3-6-17-7-4-11/h1-2,5,8-11,17H,3-4,6-7H2,(H2,16,18). The van der Waals surface area contributed by atoms with E-state index < -0.39 is 0 Å². The molecule has 0 spiro atoms. The van der Waals surface area contributed by atoms with E-state index in [1.165, 1.54) is 6.20 Å². The lowest BCUT2D eigenvalue weighted by atomic mass is 10.0. The van der Waals surface area contributed by atoms with E-state index in [0.717, 1.165) is 25.9 Å². The van der Waals surface area contributed by atoms with Gasteiger partial charge in [-0.3, -0.25) is 9.78 Å². The van der Waals surface area contributed by atoms with Crippen molar-refractivity contribution in [3.8, 4) is 0 Å². The van der Waals surface area contributed by atoms with Gasteiger partial charge in [0.15, 0.2) is 0 Å². The summed E-state index contributed by atoms with van der Waals surface area (Å²) in [6, 6.07) is 5.81. The van der Waals surface area contributed by atoms with Crippen LogP contribution in [-0.2, 0) is 0 Å². The third kappa shape index (κ3) is 2.32. The van der Waals surface area contributed by atoms with Crippen molar-refractivity contribution in [3.63, 3.8) is 0 Å². The number of anilines is 1. The number of piperidine rings is 1. The lowest BCUT2D eigenvalue weighted by Gasteiger charge is -2.26. The van der Waals surface area contributed by atoms with E-state index >= 15 is 0 Å². The van der Waals surface area contributed by atoms with Gasteiger partial charge in [0.1, 0.15) is 0 Å². The summed E-state index contributed by atoms with van der Waals surface area (Å²) in [5.74, 6) is -0.0564. The maximum absolute atomic E-state index is 12.6. The Kier molecular flexibility index (Phi) is 3.52. The first-order valence-electron chi connectivity index (χ1n) is 6.89. The SMILES string of the molecule is Nc1ccncc1C(=O)c1cccn1C1CCNCC1. The minimum Gasteiger partial charge on any atom is -0.398 e. The van der Waals surface area contributed by atoms with Crippen molar-refractivity contribution < 1.29 is 4.79 Å². The highest BCUT2D eigenvalue weighted by atomic mass is 16.1. The lowest BCUT2D eigenvalue weighted by Crippen LogP contribution is -2.30. The Morgan fingerprint density at radius 2 is 2.15 bits per heavy atom. The highest BCUT2D eigenvalue weighted by Crippen LogP contribution is 2.24. The van der Waals surface area contributed by atoms with E-state index in [-0.39, 0.29) is 5.78 Å². The van der Waals surface area contributed by atoms with Crippen LogP contribution in [0.5, 0.6) is 0 Å². The van der Waals surface area contributed by atoms with Crippen LogP contribution in [0.2, 0.25) is 0 Å². The molecule has 0 aliphatic carbocycles. The molecule has 1 aliphatic rings. The fourth-order valence-electron chi connectivity index (χ4n) is 2.72. The zero-order valence-electron chi connectivity index (χ0n) is 11.2. The topological polar surface area (TPSA) is 72.9 Å². The molecule has 2 aromatic heterocycles. The van der Waals surface area contributed by atoms with Crippen molar-refractivity contribution in [1.82, 2.24) is 14.9 Å². The molecule has 104 valence electrons. The fourth-order valence-corrected chi connectivity index (χ4v) is 2.72. The van der Waals surface area contributed by atoms with Crippen LogP contribution in [0.3, 0.4) is 0 Å². The molecular formula is C15H18N4O. The lowest BCUT2D eigenvalue weighted by molar-refractivity contribution is 0.102. The van der Waals surface area contributed by atoms with Gasteiger partial charge >= 0.3 is 0 Å². The molecule has 1 saturated heterocycles. The summed E-state index contributed by atoms with van der Waals surface area (Å²) in [5.41, 5.74) is 7.52. The monoisotopic (exact) mass is 270 g/mol. The third-order valence-electron chi connectivity index (χ3n) is 3.81. The molecule has 3 heterocycles. The zero-order chi connectivity index (χ0) is 13.9. The number of pyridine rings is 1. The summed E-state index contributed by atoms with van der Waals surface area (Å²) in [6.07, 6.45) is 7.19. The molecular weight excluding hydrogens is 252 g/mol. The molecule has 3 rings (SSSR count). The van der Waals surface area contributed by atoms with Crippen LogP contribution in [-0.4, -0.2) is 28.4 Å². The first-order chi connectivity index (χ1) is 9.77. The molecule has 0 amide bonds. The van der Waals surface area contributed by atoms with Gasteiger partial charge in [0.25, 0.3) is 0 Å². The highest BCUT2D eigenvalue weighted by Gasteiger charge is 2.21. The summed E-state index contributed by atoms with van der Waals surface area (Å²) in [5, 5.41) is 3.34. The minimum atomic E-state index is -0.0564. The van der Waals surface area contributed by atoms with Gasteiger partial charge < -0.3 is 15.6 Å². The molecule has 0 radical (unpaired) electrons. The molecule has 0 aromatic carbocycles. The average molecular weight is 270 g/mol. The predicted molar refractivity (Wildman–Crippen MR) is 77.7 cm³/mol. The molecule has 20 heavy (non-hydrogen) atoms. The predicted octanol–water partition coefficient (Wildman–Crippen LogP) is 1.62. The van der Waals surface area contributed by atoms with E-state index in [0.29, 0.717) is 23.0 Å². The average Bonchev–Trinajstić information content (AvgIpc) is 2.97. The Bertz CT molecular complexity index is 614.